The molecule has 0 unspecified atom stereocenters. The molecular formula is C13H29NO. The summed E-state index contributed by atoms with van der Waals surface area (Å²) in [6.07, 6.45) is 0.848. The van der Waals surface area contributed by atoms with E-state index in [2.05, 4.69) is 4.99 Å². The molecule has 0 aromatic carbocycles. The van der Waals surface area contributed by atoms with Gasteiger partial charge in [-0.3, -0.25) is 0 Å². The van der Waals surface area contributed by atoms with Gasteiger partial charge in [-0.15, -0.1) is 0 Å². The molecule has 0 aromatic rings. The number of aliphatic imine (C=N–C) groups is 1. The highest BCUT2D eigenvalue weighted by molar-refractivity contribution is 5.76. The topological polar surface area (TPSA) is 21.6 Å². The fraction of sp³-hybridized carbons (Fsp3) is 0.769. The summed E-state index contributed by atoms with van der Waals surface area (Å²) in [4.78, 5) is 4.29. The number of methoxy groups -OCH3 is 1. The number of rotatable bonds is 2. The van der Waals surface area contributed by atoms with E-state index < -0.39 is 0 Å². The highest BCUT2D eigenvalue weighted by Gasteiger charge is 1.94. The summed E-state index contributed by atoms with van der Waals surface area (Å²) in [5.41, 5.74) is 2.27. The van der Waals surface area contributed by atoms with E-state index in [1.807, 2.05) is 55.4 Å². The molecule has 0 rings (SSSR count). The minimum atomic E-state index is 0.795. The van der Waals surface area contributed by atoms with Crippen LogP contribution in [0.4, 0.5) is 0 Å². The van der Waals surface area contributed by atoms with E-state index in [-0.39, 0.29) is 0 Å². The second-order valence-electron chi connectivity index (χ2n) is 2.65. The maximum Gasteiger partial charge on any atom is 0.187 e. The van der Waals surface area contributed by atoms with Crippen LogP contribution < -0.4 is 0 Å². The first-order valence-corrected chi connectivity index (χ1v) is 5.87. The first-order valence-electron chi connectivity index (χ1n) is 5.87. The molecule has 0 radical (unpaired) electrons. The van der Waals surface area contributed by atoms with Gasteiger partial charge in [-0.05, 0) is 20.8 Å². The van der Waals surface area contributed by atoms with Gasteiger partial charge < -0.3 is 4.74 Å². The van der Waals surface area contributed by atoms with Crippen molar-refractivity contribution in [3.05, 3.63) is 11.3 Å². The van der Waals surface area contributed by atoms with E-state index >= 15 is 0 Å². The Morgan fingerprint density at radius 1 is 1.00 bits per heavy atom. The molecule has 0 bridgehead atoms. The van der Waals surface area contributed by atoms with E-state index in [1.165, 1.54) is 5.57 Å². The van der Waals surface area contributed by atoms with Crippen molar-refractivity contribution in [2.75, 3.05) is 7.11 Å². The summed E-state index contributed by atoms with van der Waals surface area (Å²) in [6.45, 7) is 16.1. The highest BCUT2D eigenvalue weighted by atomic mass is 16.5. The van der Waals surface area contributed by atoms with Crippen molar-refractivity contribution >= 4 is 5.90 Å². The van der Waals surface area contributed by atoms with Gasteiger partial charge in [-0.25, -0.2) is 4.99 Å². The zero-order valence-corrected chi connectivity index (χ0v) is 12.1. The van der Waals surface area contributed by atoms with Gasteiger partial charge in [0.05, 0.1) is 7.11 Å². The van der Waals surface area contributed by atoms with Gasteiger partial charge in [-0.1, -0.05) is 40.2 Å². The molecule has 0 aliphatic carbocycles. The summed E-state index contributed by atoms with van der Waals surface area (Å²) >= 11 is 0. The van der Waals surface area contributed by atoms with Crippen LogP contribution >= 0.6 is 0 Å². The number of hydrogen-bond donors (Lipinski definition) is 0. The van der Waals surface area contributed by atoms with Crippen LogP contribution in [0.5, 0.6) is 0 Å². The standard InChI is InChI=1S/C9H17NO.2C2H6/c1-6-9(11-5)10-8(4)7(2)3;2*1-2/h6H2,1-5H3;2*1-2H3. The van der Waals surface area contributed by atoms with Crippen molar-refractivity contribution < 1.29 is 4.74 Å². The van der Waals surface area contributed by atoms with Gasteiger partial charge in [0.25, 0.3) is 0 Å². The van der Waals surface area contributed by atoms with Crippen LogP contribution in [0.25, 0.3) is 0 Å². The molecule has 0 aromatic heterocycles. The molecule has 15 heavy (non-hydrogen) atoms. The van der Waals surface area contributed by atoms with Gasteiger partial charge in [0, 0.05) is 12.1 Å². The fourth-order valence-electron chi connectivity index (χ4n) is 0.568. The largest absolute Gasteiger partial charge is 0.484 e. The van der Waals surface area contributed by atoms with Crippen molar-refractivity contribution in [1.82, 2.24) is 0 Å². The molecule has 0 heterocycles. The van der Waals surface area contributed by atoms with Crippen LogP contribution in [-0.2, 0) is 4.74 Å². The van der Waals surface area contributed by atoms with E-state index in [0.29, 0.717) is 0 Å². The quantitative estimate of drug-likeness (QED) is 0.478. The zero-order valence-electron chi connectivity index (χ0n) is 12.1. The summed E-state index contributed by atoms with van der Waals surface area (Å²) < 4.78 is 5.04. The van der Waals surface area contributed by atoms with Crippen LogP contribution in [0.1, 0.15) is 61.8 Å². The predicted molar refractivity (Wildman–Crippen MR) is 71.5 cm³/mol. The van der Waals surface area contributed by atoms with Gasteiger partial charge in [0.1, 0.15) is 0 Å². The lowest BCUT2D eigenvalue weighted by atomic mass is 10.3. The van der Waals surface area contributed by atoms with Crippen molar-refractivity contribution in [2.24, 2.45) is 4.99 Å². The third-order valence-electron chi connectivity index (χ3n) is 1.55. The van der Waals surface area contributed by atoms with E-state index in [1.54, 1.807) is 7.11 Å². The van der Waals surface area contributed by atoms with Gasteiger partial charge in [-0.2, -0.15) is 0 Å². The van der Waals surface area contributed by atoms with Crippen molar-refractivity contribution in [2.45, 2.75) is 61.8 Å². The molecule has 0 spiro atoms. The number of ether oxygens (including phenoxy) is 1. The van der Waals surface area contributed by atoms with Crippen LogP contribution in [-0.4, -0.2) is 13.0 Å². The summed E-state index contributed by atoms with van der Waals surface area (Å²) in [5, 5.41) is 0. The molecule has 92 valence electrons. The lowest BCUT2D eigenvalue weighted by Crippen LogP contribution is -1.98. The Hall–Kier alpha value is -0.790. The molecule has 0 saturated carbocycles. The number of nitrogens with zero attached hydrogens (tertiary/aromatic N) is 1. The maximum absolute atomic E-state index is 5.04. The molecule has 0 fully saturated rings. The second-order valence-corrected chi connectivity index (χ2v) is 2.65. The average molecular weight is 215 g/mol. The Labute approximate surface area is 96.4 Å². The van der Waals surface area contributed by atoms with E-state index in [9.17, 15) is 0 Å². The van der Waals surface area contributed by atoms with Crippen LogP contribution in [0.15, 0.2) is 16.3 Å². The third-order valence-corrected chi connectivity index (χ3v) is 1.55. The van der Waals surface area contributed by atoms with Gasteiger partial charge in [0.15, 0.2) is 5.90 Å². The lowest BCUT2D eigenvalue weighted by molar-refractivity contribution is 0.392. The van der Waals surface area contributed by atoms with Crippen LogP contribution in [0.2, 0.25) is 0 Å². The minimum Gasteiger partial charge on any atom is -0.484 e. The zero-order chi connectivity index (χ0) is 12.9. The molecule has 2 nitrogen and oxygen atoms in total. The molecule has 0 N–H and O–H groups in total. The smallest absolute Gasteiger partial charge is 0.187 e. The molecule has 0 amide bonds. The van der Waals surface area contributed by atoms with Crippen LogP contribution in [0, 0.1) is 0 Å². The van der Waals surface area contributed by atoms with Crippen molar-refractivity contribution in [1.29, 1.82) is 0 Å². The molecule has 0 atom stereocenters. The first kappa shape index (κ1) is 19.7. The van der Waals surface area contributed by atoms with Crippen molar-refractivity contribution in [3.8, 4) is 0 Å². The van der Waals surface area contributed by atoms with E-state index in [0.717, 1.165) is 18.0 Å². The molecule has 0 aliphatic heterocycles. The lowest BCUT2D eigenvalue weighted by Gasteiger charge is -2.02. The molecule has 0 saturated heterocycles. The number of allylic oxidation sites excluding steroid dienone is 2. The molecule has 2 heteroatoms. The Balaban J connectivity index is -0.000000318. The molecular weight excluding hydrogens is 186 g/mol. The Morgan fingerprint density at radius 2 is 1.40 bits per heavy atom. The summed E-state index contributed by atoms with van der Waals surface area (Å²) in [6, 6.07) is 0. The van der Waals surface area contributed by atoms with Gasteiger partial charge in [0.2, 0.25) is 0 Å². The Bertz CT molecular complexity index is 171. The second kappa shape index (κ2) is 15.7. The molecule has 0 aliphatic rings. The fourth-order valence-corrected chi connectivity index (χ4v) is 0.568. The average Bonchev–Trinajstić information content (AvgIpc) is 2.30. The van der Waals surface area contributed by atoms with E-state index in [4.69, 9.17) is 4.74 Å². The highest BCUT2D eigenvalue weighted by Crippen LogP contribution is 2.04. The van der Waals surface area contributed by atoms with Crippen LogP contribution in [0.3, 0.4) is 0 Å². The van der Waals surface area contributed by atoms with Crippen molar-refractivity contribution in [3.63, 3.8) is 0 Å². The van der Waals surface area contributed by atoms with Gasteiger partial charge >= 0.3 is 0 Å². The maximum atomic E-state index is 5.04. The minimum absolute atomic E-state index is 0.795. The first-order chi connectivity index (χ1) is 7.11. The third kappa shape index (κ3) is 13.2. The predicted octanol–water partition coefficient (Wildman–Crippen LogP) is 4.81. The SMILES string of the molecule is CC.CC.CCC(=NC(C)=C(C)C)OC. The Morgan fingerprint density at radius 3 is 1.60 bits per heavy atom. The number of hydrogen-bond acceptors (Lipinski definition) is 2. The summed E-state index contributed by atoms with van der Waals surface area (Å²) in [7, 11) is 1.65. The normalized spacial score (nSPS) is 9.00. The Kier molecular flexibility index (Phi) is 20.6. The monoisotopic (exact) mass is 215 g/mol. The summed E-state index contributed by atoms with van der Waals surface area (Å²) in [5.74, 6) is 0.795.